The fraction of sp³-hybridized carbons (Fsp3) is 0.143. The molecule has 37 heavy (non-hydrogen) atoms. The Kier molecular flexibility index (Phi) is 7.85. The first-order valence-corrected chi connectivity index (χ1v) is 11.0. The molecule has 0 N–H and O–H groups in total. The zero-order valence-corrected chi connectivity index (χ0v) is 18.7. The zero-order chi connectivity index (χ0) is 27.8. The van der Waals surface area contributed by atoms with Crippen LogP contribution in [0.1, 0.15) is 16.7 Å². The second kappa shape index (κ2) is 10.3. The standard InChI is InChI=1S/3C7H4F4O.Al/c3*8-6-4(7(9,10)11)2-1-3-5(6)12;/h3*1-3,12H;/q;;;+3/p-3. The van der Waals surface area contributed by atoms with E-state index in [1.165, 1.54) is 0 Å². The summed E-state index contributed by atoms with van der Waals surface area (Å²) in [7, 11) is 0. The van der Waals surface area contributed by atoms with E-state index in [1.54, 1.807) is 0 Å². The van der Waals surface area contributed by atoms with E-state index in [0.717, 1.165) is 0 Å². The summed E-state index contributed by atoms with van der Waals surface area (Å²) in [5.74, 6) is -9.92. The van der Waals surface area contributed by atoms with Crippen molar-refractivity contribution in [3.63, 3.8) is 0 Å². The highest BCUT2D eigenvalue weighted by Crippen LogP contribution is 2.38. The van der Waals surface area contributed by atoms with Crippen LogP contribution in [0.5, 0.6) is 17.2 Å². The smallest absolute Gasteiger partial charge is 0.575 e. The molecule has 0 fully saturated rings. The van der Waals surface area contributed by atoms with Crippen molar-refractivity contribution < 1.29 is 64.1 Å². The Balaban J connectivity index is 2.06. The maximum absolute atomic E-state index is 14.4. The van der Waals surface area contributed by atoms with Gasteiger partial charge in [-0.2, -0.15) is 39.5 Å². The third-order valence-electron chi connectivity index (χ3n) is 4.48. The number of alkyl halides is 9. The lowest BCUT2D eigenvalue weighted by molar-refractivity contribution is -0.140. The van der Waals surface area contributed by atoms with Crippen LogP contribution >= 0.6 is 0 Å². The van der Waals surface area contributed by atoms with Gasteiger partial charge in [-0.3, -0.25) is 0 Å². The molecule has 3 rings (SSSR count). The Morgan fingerprint density at radius 1 is 0.432 bits per heavy atom. The molecule has 0 saturated carbocycles. The zero-order valence-electron chi connectivity index (χ0n) is 17.5. The molecule has 0 saturated heterocycles. The van der Waals surface area contributed by atoms with Gasteiger partial charge in [0.05, 0.1) is 16.7 Å². The van der Waals surface area contributed by atoms with E-state index >= 15 is 0 Å². The minimum Gasteiger partial charge on any atom is -0.575 e. The SMILES string of the molecule is Fc1c([O][Al]([O]c2cccc(C(F)(F)F)c2F)[O]c2cccc(C(F)(F)F)c2F)cccc1C(F)(F)F. The predicted molar refractivity (Wildman–Crippen MR) is 102 cm³/mol. The van der Waals surface area contributed by atoms with E-state index < -0.39 is 85.1 Å². The number of hydrogen-bond acceptors (Lipinski definition) is 3. The van der Waals surface area contributed by atoms with E-state index in [0.29, 0.717) is 54.6 Å². The van der Waals surface area contributed by atoms with E-state index in [1.807, 2.05) is 0 Å². The summed E-state index contributed by atoms with van der Waals surface area (Å²) in [6, 6.07) is 4.68. The summed E-state index contributed by atoms with van der Waals surface area (Å²) in [5, 5.41) is 0. The van der Waals surface area contributed by atoms with Crippen molar-refractivity contribution in [2.75, 3.05) is 0 Å². The van der Waals surface area contributed by atoms with Crippen LogP contribution in [0, 0.1) is 17.5 Å². The Morgan fingerprint density at radius 3 is 0.892 bits per heavy atom. The molecule has 0 heterocycles. The molecular formula is C21H9AlF12O3. The molecule has 0 aromatic heterocycles. The van der Waals surface area contributed by atoms with Crippen molar-refractivity contribution in [2.45, 2.75) is 18.5 Å². The first-order chi connectivity index (χ1) is 17.0. The largest absolute Gasteiger partial charge is 1.20 e. The fourth-order valence-corrected chi connectivity index (χ4v) is 4.16. The molecule has 3 nitrogen and oxygen atoms in total. The van der Waals surface area contributed by atoms with E-state index in [9.17, 15) is 52.7 Å². The highest BCUT2D eigenvalue weighted by Gasteiger charge is 2.49. The number of halogens is 12. The topological polar surface area (TPSA) is 27.7 Å². The molecule has 0 bridgehead atoms. The second-order valence-corrected chi connectivity index (χ2v) is 8.27. The molecule has 16 heteroatoms. The molecule has 0 atom stereocenters. The van der Waals surface area contributed by atoms with Crippen molar-refractivity contribution >= 4 is 15.1 Å². The van der Waals surface area contributed by atoms with Crippen molar-refractivity contribution in [3.8, 4) is 17.2 Å². The predicted octanol–water partition coefficient (Wildman–Crippen LogP) is 7.68. The lowest BCUT2D eigenvalue weighted by Crippen LogP contribution is -2.38. The summed E-state index contributed by atoms with van der Waals surface area (Å²) in [5.41, 5.74) is -5.56. The van der Waals surface area contributed by atoms with Gasteiger partial charge in [-0.05, 0) is 36.4 Å². The molecular weight excluding hydrogens is 555 g/mol. The molecule has 0 radical (unpaired) electrons. The molecule has 0 aliphatic rings. The summed E-state index contributed by atoms with van der Waals surface area (Å²) < 4.78 is 175. The molecule has 0 amide bonds. The van der Waals surface area contributed by atoms with E-state index in [4.69, 9.17) is 11.4 Å². The lowest BCUT2D eigenvalue weighted by atomic mass is 10.2. The van der Waals surface area contributed by atoms with E-state index in [2.05, 4.69) is 0 Å². The van der Waals surface area contributed by atoms with Gasteiger partial charge in [-0.15, -0.1) is 0 Å². The van der Waals surface area contributed by atoms with Crippen molar-refractivity contribution in [1.82, 2.24) is 0 Å². The van der Waals surface area contributed by atoms with Gasteiger partial charge in [-0.25, -0.2) is 13.2 Å². The van der Waals surface area contributed by atoms with Gasteiger partial charge >= 0.3 is 33.7 Å². The molecule has 0 unspecified atom stereocenters. The molecule has 0 spiro atoms. The number of hydrogen-bond donors (Lipinski definition) is 0. The Labute approximate surface area is 204 Å². The van der Waals surface area contributed by atoms with Crippen molar-refractivity contribution in [1.29, 1.82) is 0 Å². The van der Waals surface area contributed by atoms with Gasteiger partial charge in [-0.1, -0.05) is 18.2 Å². The van der Waals surface area contributed by atoms with Crippen LogP contribution in [0.25, 0.3) is 0 Å². The first kappa shape index (κ1) is 28.3. The summed E-state index contributed by atoms with van der Waals surface area (Å²) in [6.45, 7) is 0. The second-order valence-electron chi connectivity index (χ2n) is 6.99. The van der Waals surface area contributed by atoms with Crippen LogP contribution in [0.15, 0.2) is 54.6 Å². The van der Waals surface area contributed by atoms with Crippen LogP contribution in [0.2, 0.25) is 0 Å². The molecule has 3 aromatic rings. The van der Waals surface area contributed by atoms with Crippen molar-refractivity contribution in [3.05, 3.63) is 88.7 Å². The van der Waals surface area contributed by atoms with Gasteiger partial charge in [0.2, 0.25) is 0 Å². The average Bonchev–Trinajstić information content (AvgIpc) is 2.75. The lowest BCUT2D eigenvalue weighted by Gasteiger charge is -2.20. The Hall–Kier alpha value is -3.25. The van der Waals surface area contributed by atoms with Crippen LogP contribution in [-0.2, 0) is 18.5 Å². The van der Waals surface area contributed by atoms with Gasteiger partial charge < -0.3 is 11.4 Å². The minimum atomic E-state index is -5.23. The normalized spacial score (nSPS) is 12.3. The van der Waals surface area contributed by atoms with Crippen LogP contribution in [-0.4, -0.2) is 15.1 Å². The highest BCUT2D eigenvalue weighted by atomic mass is 27.3. The first-order valence-electron chi connectivity index (χ1n) is 9.57. The maximum atomic E-state index is 14.4. The average molecular weight is 564 g/mol. The monoisotopic (exact) mass is 564 g/mol. The summed E-state index contributed by atoms with van der Waals surface area (Å²) in [6.07, 6.45) is -15.7. The third kappa shape index (κ3) is 6.55. The molecule has 198 valence electrons. The fourth-order valence-electron chi connectivity index (χ4n) is 2.85. The van der Waals surface area contributed by atoms with Gasteiger partial charge in [0.25, 0.3) is 0 Å². The maximum Gasteiger partial charge on any atom is 1.20 e. The van der Waals surface area contributed by atoms with Crippen LogP contribution < -0.4 is 11.4 Å². The number of benzene rings is 3. The van der Waals surface area contributed by atoms with Gasteiger partial charge in [0, 0.05) is 0 Å². The van der Waals surface area contributed by atoms with Crippen LogP contribution in [0.3, 0.4) is 0 Å². The molecule has 0 aliphatic carbocycles. The van der Waals surface area contributed by atoms with Crippen LogP contribution in [0.4, 0.5) is 52.7 Å². The third-order valence-corrected chi connectivity index (χ3v) is 5.81. The van der Waals surface area contributed by atoms with Gasteiger partial charge in [0.15, 0.2) is 17.5 Å². The Morgan fingerprint density at radius 2 is 0.676 bits per heavy atom. The van der Waals surface area contributed by atoms with Gasteiger partial charge in [0.1, 0.15) is 17.2 Å². The molecule has 3 aromatic carbocycles. The quantitative estimate of drug-likeness (QED) is 0.227. The minimum absolute atomic E-state index is 0.305. The van der Waals surface area contributed by atoms with E-state index in [-0.39, 0.29) is 0 Å². The number of rotatable bonds is 6. The molecule has 0 aliphatic heterocycles. The van der Waals surface area contributed by atoms with Crippen molar-refractivity contribution in [2.24, 2.45) is 0 Å². The Bertz CT molecular complexity index is 1120. The highest BCUT2D eigenvalue weighted by molar-refractivity contribution is 6.39. The summed E-state index contributed by atoms with van der Waals surface area (Å²) >= 11 is -4.54. The summed E-state index contributed by atoms with van der Waals surface area (Å²) in [4.78, 5) is 0.